The third-order valence-corrected chi connectivity index (χ3v) is 5.22. The molecule has 1 aliphatic carbocycles. The van der Waals surface area contributed by atoms with Crippen LogP contribution in [0.15, 0.2) is 18.2 Å². The molecule has 1 aromatic carbocycles. The predicted molar refractivity (Wildman–Crippen MR) is 108 cm³/mol. The molecule has 0 bridgehead atoms. The molecule has 1 saturated heterocycles. The van der Waals surface area contributed by atoms with E-state index in [0.717, 1.165) is 43.6 Å². The van der Waals surface area contributed by atoms with Crippen molar-refractivity contribution in [1.29, 1.82) is 0 Å². The van der Waals surface area contributed by atoms with Crippen molar-refractivity contribution >= 4 is 24.8 Å². The summed E-state index contributed by atoms with van der Waals surface area (Å²) in [5.74, 6) is 2.49. The van der Waals surface area contributed by atoms with Crippen molar-refractivity contribution in [1.82, 2.24) is 10.2 Å². The van der Waals surface area contributed by atoms with E-state index < -0.39 is 0 Å². The van der Waals surface area contributed by atoms with E-state index in [-0.39, 0.29) is 24.8 Å². The number of rotatable bonds is 6. The lowest BCUT2D eigenvalue weighted by Crippen LogP contribution is -2.46. The second-order valence-corrected chi connectivity index (χ2v) is 6.62. The van der Waals surface area contributed by atoms with Crippen molar-refractivity contribution in [3.05, 3.63) is 23.8 Å². The highest BCUT2D eigenvalue weighted by atomic mass is 35.5. The Balaban J connectivity index is 0.00000156. The highest BCUT2D eigenvalue weighted by Gasteiger charge is 2.32. The molecule has 0 unspecified atom stereocenters. The van der Waals surface area contributed by atoms with Crippen molar-refractivity contribution in [2.45, 2.75) is 38.6 Å². The fraction of sp³-hybridized carbons (Fsp3) is 0.684. The Labute approximate surface area is 164 Å². The van der Waals surface area contributed by atoms with Gasteiger partial charge in [-0.05, 0) is 43.4 Å². The maximum atomic E-state index is 5.68. The number of benzene rings is 1. The number of hydrogen-bond donors (Lipinski definition) is 1. The van der Waals surface area contributed by atoms with Gasteiger partial charge in [-0.3, -0.25) is 4.90 Å². The molecule has 3 rings (SSSR count). The lowest BCUT2D eigenvalue weighted by Gasteiger charge is -2.38. The Morgan fingerprint density at radius 1 is 1.12 bits per heavy atom. The average molecular weight is 391 g/mol. The van der Waals surface area contributed by atoms with Gasteiger partial charge >= 0.3 is 0 Å². The Kier molecular flexibility index (Phi) is 9.95. The first kappa shape index (κ1) is 22.4. The Bertz CT molecular complexity index is 504. The summed E-state index contributed by atoms with van der Waals surface area (Å²) in [7, 11) is 1.73. The lowest BCUT2D eigenvalue weighted by atomic mass is 9.89. The van der Waals surface area contributed by atoms with Gasteiger partial charge < -0.3 is 14.8 Å². The standard InChI is InChI=1S/C19H30N2O2.2ClH/c1-3-23-17-9-8-16(14-18(17)22-2)19(15-6-4-5-7-15)21-12-10-20-11-13-21;;/h8-9,14-15,19-20H,3-7,10-13H2,1-2H3;2*1H/t19-;;/m1../s1. The van der Waals surface area contributed by atoms with Crippen LogP contribution in [0.25, 0.3) is 0 Å². The summed E-state index contributed by atoms with van der Waals surface area (Å²) < 4.78 is 11.3. The molecule has 1 N–H and O–H groups in total. The number of hydrogen-bond acceptors (Lipinski definition) is 4. The van der Waals surface area contributed by atoms with E-state index in [1.165, 1.54) is 31.2 Å². The molecular weight excluding hydrogens is 359 g/mol. The molecule has 6 heteroatoms. The molecule has 144 valence electrons. The Morgan fingerprint density at radius 2 is 1.80 bits per heavy atom. The highest BCUT2D eigenvalue weighted by molar-refractivity contribution is 5.85. The van der Waals surface area contributed by atoms with E-state index in [4.69, 9.17) is 9.47 Å². The minimum Gasteiger partial charge on any atom is -0.493 e. The summed E-state index contributed by atoms with van der Waals surface area (Å²) >= 11 is 0. The summed E-state index contributed by atoms with van der Waals surface area (Å²) in [6.45, 7) is 7.14. The van der Waals surface area contributed by atoms with Crippen molar-refractivity contribution < 1.29 is 9.47 Å². The van der Waals surface area contributed by atoms with E-state index in [2.05, 4.69) is 28.4 Å². The molecule has 0 aromatic heterocycles. The molecule has 1 saturated carbocycles. The van der Waals surface area contributed by atoms with Gasteiger partial charge in [0.2, 0.25) is 0 Å². The van der Waals surface area contributed by atoms with Crippen LogP contribution in [0.5, 0.6) is 11.5 Å². The van der Waals surface area contributed by atoms with Gasteiger partial charge in [-0.1, -0.05) is 18.9 Å². The van der Waals surface area contributed by atoms with E-state index in [1.54, 1.807) is 7.11 Å². The van der Waals surface area contributed by atoms with Gasteiger partial charge in [0.05, 0.1) is 13.7 Å². The SMILES string of the molecule is CCOc1ccc([C@@H](C2CCCC2)N2CCNCC2)cc1OC.Cl.Cl. The van der Waals surface area contributed by atoms with Gasteiger partial charge in [-0.2, -0.15) is 0 Å². The molecule has 1 atom stereocenters. The fourth-order valence-corrected chi connectivity index (χ4v) is 4.16. The third kappa shape index (κ3) is 5.40. The zero-order chi connectivity index (χ0) is 16.1. The van der Waals surface area contributed by atoms with Gasteiger partial charge in [-0.15, -0.1) is 24.8 Å². The second kappa shape index (κ2) is 11.1. The zero-order valence-electron chi connectivity index (χ0n) is 15.3. The summed E-state index contributed by atoms with van der Waals surface area (Å²) in [5.41, 5.74) is 1.39. The molecule has 2 fully saturated rings. The van der Waals surface area contributed by atoms with E-state index in [0.29, 0.717) is 12.6 Å². The molecule has 1 aromatic rings. The van der Waals surface area contributed by atoms with E-state index in [1.807, 2.05) is 6.92 Å². The van der Waals surface area contributed by atoms with E-state index >= 15 is 0 Å². The average Bonchev–Trinajstić information content (AvgIpc) is 3.11. The van der Waals surface area contributed by atoms with Gasteiger partial charge in [-0.25, -0.2) is 0 Å². The van der Waals surface area contributed by atoms with Crippen LogP contribution in [0.2, 0.25) is 0 Å². The van der Waals surface area contributed by atoms with Gasteiger partial charge in [0.15, 0.2) is 11.5 Å². The van der Waals surface area contributed by atoms with Crippen molar-refractivity contribution in [2.75, 3.05) is 39.9 Å². The second-order valence-electron chi connectivity index (χ2n) is 6.62. The molecule has 1 heterocycles. The molecule has 4 nitrogen and oxygen atoms in total. The van der Waals surface area contributed by atoms with Crippen LogP contribution in [-0.4, -0.2) is 44.8 Å². The van der Waals surface area contributed by atoms with Gasteiger partial charge in [0, 0.05) is 32.2 Å². The first-order valence-corrected chi connectivity index (χ1v) is 9.09. The fourth-order valence-electron chi connectivity index (χ4n) is 4.16. The summed E-state index contributed by atoms with van der Waals surface area (Å²) in [4.78, 5) is 2.67. The Hall–Kier alpha value is -0.680. The summed E-state index contributed by atoms with van der Waals surface area (Å²) in [6.07, 6.45) is 5.46. The van der Waals surface area contributed by atoms with E-state index in [9.17, 15) is 0 Å². The number of nitrogens with zero attached hydrogens (tertiary/aromatic N) is 1. The number of halogens is 2. The van der Waals surface area contributed by atoms with Crippen molar-refractivity contribution in [3.8, 4) is 11.5 Å². The maximum Gasteiger partial charge on any atom is 0.161 e. The monoisotopic (exact) mass is 390 g/mol. The molecule has 0 spiro atoms. The molecule has 0 radical (unpaired) electrons. The maximum absolute atomic E-state index is 5.68. The van der Waals surface area contributed by atoms with Crippen LogP contribution in [-0.2, 0) is 0 Å². The smallest absolute Gasteiger partial charge is 0.161 e. The topological polar surface area (TPSA) is 33.7 Å². The molecular formula is C19H32Cl2N2O2. The lowest BCUT2D eigenvalue weighted by molar-refractivity contribution is 0.125. The summed E-state index contributed by atoms with van der Waals surface area (Å²) in [6, 6.07) is 7.06. The van der Waals surface area contributed by atoms with Crippen LogP contribution < -0.4 is 14.8 Å². The quantitative estimate of drug-likeness (QED) is 0.793. The van der Waals surface area contributed by atoms with Crippen LogP contribution in [0, 0.1) is 5.92 Å². The number of methoxy groups -OCH3 is 1. The van der Waals surface area contributed by atoms with Crippen LogP contribution in [0.3, 0.4) is 0 Å². The normalized spacial score (nSPS) is 19.6. The van der Waals surface area contributed by atoms with Crippen LogP contribution >= 0.6 is 24.8 Å². The first-order chi connectivity index (χ1) is 11.3. The minimum atomic E-state index is 0. The molecule has 0 amide bonds. The van der Waals surface area contributed by atoms with Gasteiger partial charge in [0.25, 0.3) is 0 Å². The number of piperazine rings is 1. The number of nitrogens with one attached hydrogen (secondary N) is 1. The minimum absolute atomic E-state index is 0. The van der Waals surface area contributed by atoms with Crippen LogP contribution in [0.4, 0.5) is 0 Å². The zero-order valence-corrected chi connectivity index (χ0v) is 17.0. The molecule has 25 heavy (non-hydrogen) atoms. The summed E-state index contributed by atoms with van der Waals surface area (Å²) in [5, 5.41) is 3.47. The van der Waals surface area contributed by atoms with Crippen LogP contribution in [0.1, 0.15) is 44.2 Å². The third-order valence-electron chi connectivity index (χ3n) is 5.22. The highest BCUT2D eigenvalue weighted by Crippen LogP contribution is 2.42. The number of ether oxygens (including phenoxy) is 2. The largest absolute Gasteiger partial charge is 0.493 e. The molecule has 1 aliphatic heterocycles. The molecule has 2 aliphatic rings. The first-order valence-electron chi connectivity index (χ1n) is 9.09. The Morgan fingerprint density at radius 3 is 2.40 bits per heavy atom. The van der Waals surface area contributed by atoms with Crippen molar-refractivity contribution in [2.24, 2.45) is 5.92 Å². The van der Waals surface area contributed by atoms with Crippen molar-refractivity contribution in [3.63, 3.8) is 0 Å². The predicted octanol–water partition coefficient (Wildman–Crippen LogP) is 4.07. The van der Waals surface area contributed by atoms with Gasteiger partial charge in [0.1, 0.15) is 0 Å².